The third-order valence-electron chi connectivity index (χ3n) is 2.83. The third-order valence-corrected chi connectivity index (χ3v) is 2.83. The Morgan fingerprint density at radius 2 is 1.33 bits per heavy atom. The van der Waals surface area contributed by atoms with E-state index in [0.717, 1.165) is 31.6 Å². The molecule has 0 aliphatic carbocycles. The first-order valence-electron chi connectivity index (χ1n) is 6.04. The molecule has 0 saturated heterocycles. The Morgan fingerprint density at radius 1 is 0.800 bits per heavy atom. The van der Waals surface area contributed by atoms with Gasteiger partial charge < -0.3 is 4.74 Å². The summed E-state index contributed by atoms with van der Waals surface area (Å²) >= 11 is 0. The van der Waals surface area contributed by atoms with E-state index in [0.29, 0.717) is 0 Å². The van der Waals surface area contributed by atoms with E-state index in [2.05, 4.69) is 32.9 Å². The van der Waals surface area contributed by atoms with Crippen molar-refractivity contribution in [2.75, 3.05) is 6.61 Å². The summed E-state index contributed by atoms with van der Waals surface area (Å²) < 4.78 is 5.67. The Labute approximate surface area is 93.5 Å². The lowest BCUT2D eigenvalue weighted by atomic mass is 9.98. The van der Waals surface area contributed by atoms with Gasteiger partial charge in [0.15, 0.2) is 0 Å². The number of aryl methyl sites for hydroxylation is 3. The van der Waals surface area contributed by atoms with E-state index in [1.165, 1.54) is 16.7 Å². The van der Waals surface area contributed by atoms with Gasteiger partial charge in [-0.1, -0.05) is 26.8 Å². The standard InChI is InChI=1S/C14H22O/c1-5-11-9-13(7-3)14(15-8-4)10-12(11)6-2/h9-10H,5-8H2,1-4H3. The molecule has 0 aliphatic heterocycles. The summed E-state index contributed by atoms with van der Waals surface area (Å²) in [6.07, 6.45) is 3.25. The van der Waals surface area contributed by atoms with E-state index in [9.17, 15) is 0 Å². The van der Waals surface area contributed by atoms with E-state index in [4.69, 9.17) is 4.74 Å². The van der Waals surface area contributed by atoms with Crippen molar-refractivity contribution in [3.8, 4) is 5.75 Å². The molecular weight excluding hydrogens is 184 g/mol. The summed E-state index contributed by atoms with van der Waals surface area (Å²) in [4.78, 5) is 0. The average molecular weight is 206 g/mol. The summed E-state index contributed by atoms with van der Waals surface area (Å²) in [5.41, 5.74) is 4.24. The number of hydrogen-bond donors (Lipinski definition) is 0. The minimum absolute atomic E-state index is 0.752. The van der Waals surface area contributed by atoms with Gasteiger partial charge in [-0.2, -0.15) is 0 Å². The molecule has 84 valence electrons. The second-order valence-corrected chi connectivity index (χ2v) is 3.72. The van der Waals surface area contributed by atoms with Crippen molar-refractivity contribution in [3.63, 3.8) is 0 Å². The van der Waals surface area contributed by atoms with Crippen LogP contribution in [0.5, 0.6) is 5.75 Å². The molecule has 1 aromatic rings. The van der Waals surface area contributed by atoms with Crippen LogP contribution in [0.2, 0.25) is 0 Å². The molecule has 15 heavy (non-hydrogen) atoms. The maximum atomic E-state index is 5.67. The van der Waals surface area contributed by atoms with E-state index in [1.807, 2.05) is 6.92 Å². The first-order chi connectivity index (χ1) is 7.26. The summed E-state index contributed by atoms with van der Waals surface area (Å²) in [5, 5.41) is 0. The Morgan fingerprint density at radius 3 is 1.80 bits per heavy atom. The van der Waals surface area contributed by atoms with Gasteiger partial charge in [0.2, 0.25) is 0 Å². The van der Waals surface area contributed by atoms with Gasteiger partial charge in [-0.05, 0) is 48.9 Å². The Bertz CT molecular complexity index is 315. The van der Waals surface area contributed by atoms with Gasteiger partial charge in [-0.3, -0.25) is 0 Å². The molecule has 0 radical (unpaired) electrons. The minimum atomic E-state index is 0.752. The van der Waals surface area contributed by atoms with Crippen molar-refractivity contribution in [2.24, 2.45) is 0 Å². The minimum Gasteiger partial charge on any atom is -0.494 e. The fourth-order valence-corrected chi connectivity index (χ4v) is 1.94. The largest absolute Gasteiger partial charge is 0.494 e. The van der Waals surface area contributed by atoms with Gasteiger partial charge in [-0.15, -0.1) is 0 Å². The molecule has 0 spiro atoms. The van der Waals surface area contributed by atoms with Crippen LogP contribution in [0.25, 0.3) is 0 Å². The quantitative estimate of drug-likeness (QED) is 0.712. The number of rotatable bonds is 5. The van der Waals surface area contributed by atoms with Crippen LogP contribution in [0.3, 0.4) is 0 Å². The topological polar surface area (TPSA) is 9.23 Å². The fourth-order valence-electron chi connectivity index (χ4n) is 1.94. The second-order valence-electron chi connectivity index (χ2n) is 3.72. The first-order valence-corrected chi connectivity index (χ1v) is 6.04. The van der Waals surface area contributed by atoms with Crippen molar-refractivity contribution >= 4 is 0 Å². The molecule has 0 fully saturated rings. The van der Waals surface area contributed by atoms with Gasteiger partial charge in [-0.25, -0.2) is 0 Å². The predicted molar refractivity (Wildman–Crippen MR) is 65.7 cm³/mol. The Balaban J connectivity index is 3.15. The first kappa shape index (κ1) is 12.1. The molecule has 1 aromatic carbocycles. The van der Waals surface area contributed by atoms with Crippen LogP contribution in [-0.2, 0) is 19.3 Å². The van der Waals surface area contributed by atoms with Crippen molar-refractivity contribution in [1.82, 2.24) is 0 Å². The van der Waals surface area contributed by atoms with Crippen molar-refractivity contribution < 1.29 is 4.74 Å². The summed E-state index contributed by atoms with van der Waals surface area (Å²) in [5.74, 6) is 1.08. The Kier molecular flexibility index (Phi) is 4.67. The molecule has 0 unspecified atom stereocenters. The lowest BCUT2D eigenvalue weighted by Crippen LogP contribution is -2.00. The molecule has 0 aliphatic rings. The predicted octanol–water partition coefficient (Wildman–Crippen LogP) is 3.77. The summed E-state index contributed by atoms with van der Waals surface area (Å²) in [7, 11) is 0. The molecule has 0 N–H and O–H groups in total. The summed E-state index contributed by atoms with van der Waals surface area (Å²) in [6.45, 7) is 9.40. The second kappa shape index (κ2) is 5.79. The third kappa shape index (κ3) is 2.74. The van der Waals surface area contributed by atoms with Crippen LogP contribution in [0.1, 0.15) is 44.4 Å². The van der Waals surface area contributed by atoms with Gasteiger partial charge in [0.25, 0.3) is 0 Å². The van der Waals surface area contributed by atoms with Gasteiger partial charge in [0, 0.05) is 0 Å². The van der Waals surface area contributed by atoms with Gasteiger partial charge in [0.05, 0.1) is 6.61 Å². The zero-order chi connectivity index (χ0) is 11.3. The Hall–Kier alpha value is -0.980. The van der Waals surface area contributed by atoms with Crippen molar-refractivity contribution in [2.45, 2.75) is 47.0 Å². The monoisotopic (exact) mass is 206 g/mol. The average Bonchev–Trinajstić information content (AvgIpc) is 2.28. The molecule has 1 nitrogen and oxygen atoms in total. The van der Waals surface area contributed by atoms with Crippen LogP contribution in [0, 0.1) is 0 Å². The number of benzene rings is 1. The fraction of sp³-hybridized carbons (Fsp3) is 0.571. The molecule has 0 saturated carbocycles. The lowest BCUT2D eigenvalue weighted by Gasteiger charge is -2.14. The highest BCUT2D eigenvalue weighted by Crippen LogP contribution is 2.25. The van der Waals surface area contributed by atoms with Crippen LogP contribution >= 0.6 is 0 Å². The van der Waals surface area contributed by atoms with E-state index >= 15 is 0 Å². The highest BCUT2D eigenvalue weighted by Gasteiger charge is 2.07. The molecule has 0 heterocycles. The molecule has 1 heteroatoms. The maximum absolute atomic E-state index is 5.67. The molecule has 1 rings (SSSR count). The smallest absolute Gasteiger partial charge is 0.122 e. The zero-order valence-electron chi connectivity index (χ0n) is 10.4. The van der Waals surface area contributed by atoms with Gasteiger partial charge >= 0.3 is 0 Å². The van der Waals surface area contributed by atoms with E-state index < -0.39 is 0 Å². The lowest BCUT2D eigenvalue weighted by molar-refractivity contribution is 0.336. The number of ether oxygens (including phenoxy) is 1. The molecule has 0 aromatic heterocycles. The molecule has 0 bridgehead atoms. The van der Waals surface area contributed by atoms with E-state index in [-0.39, 0.29) is 0 Å². The highest BCUT2D eigenvalue weighted by atomic mass is 16.5. The van der Waals surface area contributed by atoms with Crippen LogP contribution in [0.4, 0.5) is 0 Å². The van der Waals surface area contributed by atoms with Crippen LogP contribution in [0.15, 0.2) is 12.1 Å². The molecule has 0 atom stereocenters. The van der Waals surface area contributed by atoms with E-state index in [1.54, 1.807) is 0 Å². The summed E-state index contributed by atoms with van der Waals surface area (Å²) in [6, 6.07) is 4.53. The number of hydrogen-bond acceptors (Lipinski definition) is 1. The van der Waals surface area contributed by atoms with Crippen molar-refractivity contribution in [3.05, 3.63) is 28.8 Å². The maximum Gasteiger partial charge on any atom is 0.122 e. The highest BCUT2D eigenvalue weighted by molar-refractivity contribution is 5.43. The molecule has 0 amide bonds. The van der Waals surface area contributed by atoms with Crippen LogP contribution in [-0.4, -0.2) is 6.61 Å². The zero-order valence-corrected chi connectivity index (χ0v) is 10.4. The van der Waals surface area contributed by atoms with Crippen LogP contribution < -0.4 is 4.74 Å². The van der Waals surface area contributed by atoms with Gasteiger partial charge in [0.1, 0.15) is 5.75 Å². The SMILES string of the molecule is CCOc1cc(CC)c(CC)cc1CC. The van der Waals surface area contributed by atoms with Crippen molar-refractivity contribution in [1.29, 1.82) is 0 Å². The molecular formula is C14H22O. The normalized spacial score (nSPS) is 10.4.